The average molecular weight is 308 g/mol. The lowest BCUT2D eigenvalue weighted by Crippen LogP contribution is -1.89. The Kier molecular flexibility index (Phi) is 3.05. The van der Waals surface area contributed by atoms with E-state index >= 15 is 0 Å². The number of rotatable bonds is 3. The molecule has 0 saturated carbocycles. The monoisotopic (exact) mass is 308 g/mol. The summed E-state index contributed by atoms with van der Waals surface area (Å²) in [6, 6.07) is 5.79. The molecule has 0 aliphatic heterocycles. The van der Waals surface area contributed by atoms with Gasteiger partial charge in [-0.3, -0.25) is 4.98 Å². The molecule has 6 nitrogen and oxygen atoms in total. The van der Waals surface area contributed by atoms with Crippen molar-refractivity contribution in [3.05, 3.63) is 53.9 Å². The molecule has 0 spiro atoms. The summed E-state index contributed by atoms with van der Waals surface area (Å²) in [4.78, 5) is 14.2. The third-order valence-electron chi connectivity index (χ3n) is 3.24. The van der Waals surface area contributed by atoms with Gasteiger partial charge in [0.25, 0.3) is 0 Å². The molecule has 108 valence electrons. The van der Waals surface area contributed by atoms with Crippen LogP contribution in [0.25, 0.3) is 28.4 Å². The lowest BCUT2D eigenvalue weighted by atomic mass is 10.4. The van der Waals surface area contributed by atoms with E-state index in [4.69, 9.17) is 0 Å². The molecule has 22 heavy (non-hydrogen) atoms. The van der Waals surface area contributed by atoms with Crippen molar-refractivity contribution in [2.75, 3.05) is 0 Å². The van der Waals surface area contributed by atoms with Crippen LogP contribution in [0.4, 0.5) is 0 Å². The topological polar surface area (TPSA) is 60.9 Å². The van der Waals surface area contributed by atoms with Gasteiger partial charge in [-0.2, -0.15) is 0 Å². The smallest absolute Gasteiger partial charge is 0.175 e. The van der Waals surface area contributed by atoms with Crippen molar-refractivity contribution in [3.8, 4) is 10.6 Å². The second-order valence-corrected chi connectivity index (χ2v) is 5.65. The molecule has 0 saturated heterocycles. The molecule has 0 radical (unpaired) electrons. The van der Waals surface area contributed by atoms with Crippen LogP contribution in [-0.4, -0.2) is 29.1 Å². The van der Waals surface area contributed by atoms with E-state index in [0.29, 0.717) is 5.82 Å². The molecule has 0 amide bonds. The number of aryl methyl sites for hydroxylation is 1. The summed E-state index contributed by atoms with van der Waals surface area (Å²) in [5.74, 6) is 1.51. The zero-order chi connectivity index (χ0) is 14.9. The fourth-order valence-electron chi connectivity index (χ4n) is 2.16. The molecule has 4 aromatic rings. The summed E-state index contributed by atoms with van der Waals surface area (Å²) in [6.07, 6.45) is 9.47. The Hall–Kier alpha value is -2.80. The van der Waals surface area contributed by atoms with Crippen LogP contribution in [0.15, 0.2) is 42.3 Å². The molecule has 4 aromatic heterocycles. The van der Waals surface area contributed by atoms with Crippen LogP contribution < -0.4 is 0 Å². The molecule has 7 heteroatoms. The molecule has 0 fully saturated rings. The van der Waals surface area contributed by atoms with Gasteiger partial charge in [-0.25, -0.2) is 14.5 Å². The average Bonchev–Trinajstić information content (AvgIpc) is 3.24. The maximum Gasteiger partial charge on any atom is 0.175 e. The first-order chi connectivity index (χ1) is 10.8. The maximum absolute atomic E-state index is 4.61. The second-order valence-electron chi connectivity index (χ2n) is 4.77. The fourth-order valence-corrected chi connectivity index (χ4v) is 2.74. The van der Waals surface area contributed by atoms with Gasteiger partial charge < -0.3 is 4.57 Å². The summed E-state index contributed by atoms with van der Waals surface area (Å²) in [5.41, 5.74) is 3.56. The molecule has 0 unspecified atom stereocenters. The quantitative estimate of drug-likeness (QED) is 0.584. The van der Waals surface area contributed by atoms with Gasteiger partial charge >= 0.3 is 0 Å². The first kappa shape index (κ1) is 12.9. The van der Waals surface area contributed by atoms with Crippen molar-refractivity contribution in [3.63, 3.8) is 0 Å². The van der Waals surface area contributed by atoms with Crippen LogP contribution in [-0.2, 0) is 7.05 Å². The minimum absolute atomic E-state index is 0.661. The van der Waals surface area contributed by atoms with E-state index in [2.05, 4.69) is 20.1 Å². The van der Waals surface area contributed by atoms with Crippen LogP contribution >= 0.6 is 11.3 Å². The number of hydrogen-bond acceptors (Lipinski definition) is 5. The molecule has 0 aliphatic rings. The van der Waals surface area contributed by atoms with Crippen LogP contribution in [0.2, 0.25) is 0 Å². The van der Waals surface area contributed by atoms with Gasteiger partial charge in [-0.05, 0) is 24.3 Å². The summed E-state index contributed by atoms with van der Waals surface area (Å²) in [7, 11) is 1.97. The van der Waals surface area contributed by atoms with Crippen molar-refractivity contribution >= 4 is 29.1 Å². The Morgan fingerprint density at radius 1 is 1.18 bits per heavy atom. The van der Waals surface area contributed by atoms with Crippen molar-refractivity contribution in [2.24, 2.45) is 7.05 Å². The van der Waals surface area contributed by atoms with Crippen LogP contribution in [0, 0.1) is 0 Å². The van der Waals surface area contributed by atoms with Gasteiger partial charge in [0.2, 0.25) is 0 Å². The van der Waals surface area contributed by atoms with Gasteiger partial charge in [0.1, 0.15) is 11.5 Å². The molecule has 0 atom stereocenters. The SMILES string of the molecule is Cn1cc(-c2cncs2)nc1/C=C/c1nc2ccccn2n1. The van der Waals surface area contributed by atoms with Crippen LogP contribution in [0.5, 0.6) is 0 Å². The summed E-state index contributed by atoms with van der Waals surface area (Å²) in [6.45, 7) is 0. The molecular formula is C15H12N6S. The van der Waals surface area contributed by atoms with Crippen LogP contribution in [0.1, 0.15) is 11.6 Å². The molecule has 4 heterocycles. The lowest BCUT2D eigenvalue weighted by molar-refractivity contribution is 0.897. The molecule has 0 aromatic carbocycles. The van der Waals surface area contributed by atoms with Gasteiger partial charge in [-0.1, -0.05) is 6.07 Å². The van der Waals surface area contributed by atoms with E-state index in [-0.39, 0.29) is 0 Å². The van der Waals surface area contributed by atoms with Gasteiger partial charge in [-0.15, -0.1) is 16.4 Å². The summed E-state index contributed by atoms with van der Waals surface area (Å²) >= 11 is 1.58. The van der Waals surface area contributed by atoms with Crippen molar-refractivity contribution in [1.29, 1.82) is 0 Å². The number of hydrogen-bond donors (Lipinski definition) is 0. The molecule has 0 aliphatic carbocycles. The highest BCUT2D eigenvalue weighted by atomic mass is 32.1. The number of aromatic nitrogens is 6. The van der Waals surface area contributed by atoms with E-state index < -0.39 is 0 Å². The third kappa shape index (κ3) is 2.31. The van der Waals surface area contributed by atoms with Crippen LogP contribution in [0.3, 0.4) is 0 Å². The van der Waals surface area contributed by atoms with E-state index in [1.54, 1.807) is 21.4 Å². The summed E-state index contributed by atoms with van der Waals surface area (Å²) in [5, 5.41) is 4.39. The number of pyridine rings is 1. The first-order valence-corrected chi connectivity index (χ1v) is 7.59. The third-order valence-corrected chi connectivity index (χ3v) is 4.03. The number of imidazole rings is 1. The predicted octanol–water partition coefficient (Wildman–Crippen LogP) is 2.76. The van der Waals surface area contributed by atoms with E-state index in [9.17, 15) is 0 Å². The Bertz CT molecular complexity index is 915. The maximum atomic E-state index is 4.61. The van der Waals surface area contributed by atoms with Crippen molar-refractivity contribution in [1.82, 2.24) is 29.1 Å². The molecule has 0 bridgehead atoms. The van der Waals surface area contributed by atoms with E-state index in [1.807, 2.05) is 60.6 Å². The van der Waals surface area contributed by atoms with Gasteiger partial charge in [0.05, 0.1) is 10.4 Å². The molecular weight excluding hydrogens is 296 g/mol. The largest absolute Gasteiger partial charge is 0.334 e. The summed E-state index contributed by atoms with van der Waals surface area (Å²) < 4.78 is 3.72. The second kappa shape index (κ2) is 5.19. The highest BCUT2D eigenvalue weighted by Gasteiger charge is 2.07. The highest BCUT2D eigenvalue weighted by Crippen LogP contribution is 2.22. The Balaban J connectivity index is 1.65. The van der Waals surface area contributed by atoms with E-state index in [0.717, 1.165) is 22.0 Å². The zero-order valence-corrected chi connectivity index (χ0v) is 12.6. The number of thiazole rings is 1. The van der Waals surface area contributed by atoms with Crippen molar-refractivity contribution < 1.29 is 0 Å². The zero-order valence-electron chi connectivity index (χ0n) is 11.8. The normalized spacial score (nSPS) is 11.7. The Morgan fingerprint density at radius 2 is 2.14 bits per heavy atom. The van der Waals surface area contributed by atoms with Gasteiger partial charge in [0.15, 0.2) is 11.5 Å². The Morgan fingerprint density at radius 3 is 2.95 bits per heavy atom. The number of fused-ring (bicyclic) bond motifs is 1. The fraction of sp³-hybridized carbons (Fsp3) is 0.0667. The number of nitrogens with zero attached hydrogens (tertiary/aromatic N) is 6. The van der Waals surface area contributed by atoms with E-state index in [1.165, 1.54) is 0 Å². The highest BCUT2D eigenvalue weighted by molar-refractivity contribution is 7.13. The standard InChI is InChI=1S/C15H12N6S/c1-20-9-11(12-8-16-10-22-12)17-14(20)6-5-13-18-15-4-2-3-7-21(15)19-13/h2-10H,1H3/b6-5+. The van der Waals surface area contributed by atoms with Crippen molar-refractivity contribution in [2.45, 2.75) is 0 Å². The minimum Gasteiger partial charge on any atom is -0.334 e. The Labute approximate surface area is 130 Å². The first-order valence-electron chi connectivity index (χ1n) is 6.71. The molecule has 4 rings (SSSR count). The predicted molar refractivity (Wildman–Crippen MR) is 86.2 cm³/mol. The molecule has 0 N–H and O–H groups in total. The lowest BCUT2D eigenvalue weighted by Gasteiger charge is -1.91. The minimum atomic E-state index is 0.661. The van der Waals surface area contributed by atoms with Gasteiger partial charge in [0, 0.05) is 25.6 Å².